The van der Waals surface area contributed by atoms with Crippen molar-refractivity contribution in [3.8, 4) is 5.75 Å². The Balaban J connectivity index is 1.85. The van der Waals surface area contributed by atoms with Crippen molar-refractivity contribution in [3.63, 3.8) is 0 Å². The van der Waals surface area contributed by atoms with Crippen molar-refractivity contribution in [3.05, 3.63) is 89.7 Å². The Morgan fingerprint density at radius 2 is 1.60 bits per heavy atom. The summed E-state index contributed by atoms with van der Waals surface area (Å²) in [6, 6.07) is 19.8. The highest BCUT2D eigenvalue weighted by atomic mass is 19.1. The zero-order valence-corrected chi connectivity index (χ0v) is 13.2. The van der Waals surface area contributed by atoms with Gasteiger partial charge in [-0.05, 0) is 54.1 Å². The van der Waals surface area contributed by atoms with Gasteiger partial charge < -0.3 is 10.4 Å². The molecule has 0 aromatic heterocycles. The van der Waals surface area contributed by atoms with Crippen LogP contribution in [0, 0.1) is 5.82 Å². The van der Waals surface area contributed by atoms with Crippen LogP contribution in [0.4, 0.5) is 15.8 Å². The van der Waals surface area contributed by atoms with E-state index < -0.39 is 6.17 Å². The van der Waals surface area contributed by atoms with Crippen LogP contribution in [0.3, 0.4) is 0 Å². The predicted octanol–water partition coefficient (Wildman–Crippen LogP) is 4.30. The lowest BCUT2D eigenvalue weighted by Crippen LogP contribution is -2.43. The lowest BCUT2D eigenvalue weighted by molar-refractivity contribution is 0.0975. The molecule has 1 amide bonds. The summed E-state index contributed by atoms with van der Waals surface area (Å²) < 4.78 is 13.3. The smallest absolute Gasteiger partial charge is 0.262 e. The molecule has 1 aliphatic rings. The minimum Gasteiger partial charge on any atom is -0.508 e. The maximum absolute atomic E-state index is 13.3. The second-order valence-corrected chi connectivity index (χ2v) is 5.84. The number of anilines is 2. The molecule has 2 N–H and O–H groups in total. The quantitative estimate of drug-likeness (QED) is 0.734. The first kappa shape index (κ1) is 15.2. The lowest BCUT2D eigenvalue weighted by Gasteiger charge is -2.38. The van der Waals surface area contributed by atoms with Crippen LogP contribution in [-0.2, 0) is 0 Å². The number of benzene rings is 3. The number of phenolic OH excluding ortho intramolecular Hbond substituents is 1. The van der Waals surface area contributed by atoms with Crippen LogP contribution in [0.5, 0.6) is 5.75 Å². The van der Waals surface area contributed by atoms with E-state index >= 15 is 0 Å². The summed E-state index contributed by atoms with van der Waals surface area (Å²) in [5.74, 6) is -0.364. The highest BCUT2D eigenvalue weighted by Gasteiger charge is 2.33. The Kier molecular flexibility index (Phi) is 3.61. The molecule has 4 nitrogen and oxygen atoms in total. The number of hydrogen-bond donors (Lipinski definition) is 2. The Morgan fingerprint density at radius 1 is 0.920 bits per heavy atom. The number of hydrogen-bond acceptors (Lipinski definition) is 3. The number of halogens is 1. The zero-order valence-electron chi connectivity index (χ0n) is 13.2. The van der Waals surface area contributed by atoms with Crippen molar-refractivity contribution in [1.29, 1.82) is 0 Å². The summed E-state index contributed by atoms with van der Waals surface area (Å²) in [4.78, 5) is 14.7. The largest absolute Gasteiger partial charge is 0.508 e. The molecular formula is C20H15FN2O2. The van der Waals surface area contributed by atoms with Gasteiger partial charge in [-0.15, -0.1) is 0 Å². The maximum atomic E-state index is 13.3. The molecule has 0 spiro atoms. The van der Waals surface area contributed by atoms with Crippen molar-refractivity contribution in [2.45, 2.75) is 6.17 Å². The molecule has 4 rings (SSSR count). The number of nitrogens with zero attached hydrogens (tertiary/aromatic N) is 1. The third-order valence-electron chi connectivity index (χ3n) is 4.24. The summed E-state index contributed by atoms with van der Waals surface area (Å²) in [6.45, 7) is 0. The number of phenols is 1. The molecule has 0 fully saturated rings. The Morgan fingerprint density at radius 3 is 2.32 bits per heavy atom. The van der Waals surface area contributed by atoms with Crippen molar-refractivity contribution in [2.24, 2.45) is 0 Å². The zero-order chi connectivity index (χ0) is 17.4. The number of carbonyl (C=O) groups excluding carboxylic acids is 1. The van der Waals surface area contributed by atoms with Gasteiger partial charge in [0.15, 0.2) is 0 Å². The highest BCUT2D eigenvalue weighted by molar-refractivity contribution is 6.12. The van der Waals surface area contributed by atoms with Gasteiger partial charge in [-0.1, -0.05) is 24.3 Å². The summed E-state index contributed by atoms with van der Waals surface area (Å²) in [6.07, 6.45) is -0.479. The molecule has 0 saturated carbocycles. The second kappa shape index (κ2) is 5.94. The molecular weight excluding hydrogens is 319 g/mol. The van der Waals surface area contributed by atoms with E-state index in [1.54, 1.807) is 35.2 Å². The summed E-state index contributed by atoms with van der Waals surface area (Å²) in [5, 5.41) is 12.9. The minimum absolute atomic E-state index is 0.125. The fraction of sp³-hybridized carbons (Fsp3) is 0.0500. The standard InChI is InChI=1S/C20H15FN2O2/c21-14-7-5-13(6-8-14)19-22-18-4-2-1-3-17(18)20(25)23(19)15-9-11-16(24)12-10-15/h1-12,19,22,24H/t19-/m0/s1. The molecule has 1 heterocycles. The van der Waals surface area contributed by atoms with Gasteiger partial charge in [-0.25, -0.2) is 4.39 Å². The Hall–Kier alpha value is -3.34. The van der Waals surface area contributed by atoms with E-state index in [1.165, 1.54) is 24.3 Å². The third-order valence-corrected chi connectivity index (χ3v) is 4.24. The summed E-state index contributed by atoms with van der Waals surface area (Å²) in [5.41, 5.74) is 2.70. The Labute approximate surface area is 144 Å². The molecule has 0 saturated heterocycles. The maximum Gasteiger partial charge on any atom is 0.262 e. The minimum atomic E-state index is -0.479. The molecule has 0 unspecified atom stereocenters. The van der Waals surface area contributed by atoms with Gasteiger partial charge in [0.1, 0.15) is 17.7 Å². The van der Waals surface area contributed by atoms with Crippen LogP contribution in [0.25, 0.3) is 0 Å². The molecule has 25 heavy (non-hydrogen) atoms. The van der Waals surface area contributed by atoms with Crippen molar-refractivity contribution in [2.75, 3.05) is 10.2 Å². The van der Waals surface area contributed by atoms with Gasteiger partial charge in [0.2, 0.25) is 0 Å². The lowest BCUT2D eigenvalue weighted by atomic mass is 10.0. The van der Waals surface area contributed by atoms with Crippen molar-refractivity contribution < 1.29 is 14.3 Å². The fourth-order valence-electron chi connectivity index (χ4n) is 3.01. The van der Waals surface area contributed by atoms with E-state index in [9.17, 15) is 14.3 Å². The second-order valence-electron chi connectivity index (χ2n) is 5.84. The number of rotatable bonds is 2. The van der Waals surface area contributed by atoms with Gasteiger partial charge >= 0.3 is 0 Å². The van der Waals surface area contributed by atoms with Gasteiger partial charge in [0, 0.05) is 11.4 Å². The Bertz CT molecular complexity index is 923. The van der Waals surface area contributed by atoms with Gasteiger partial charge in [-0.3, -0.25) is 9.69 Å². The first-order valence-corrected chi connectivity index (χ1v) is 7.87. The molecule has 1 atom stereocenters. The fourth-order valence-corrected chi connectivity index (χ4v) is 3.01. The van der Waals surface area contributed by atoms with E-state index in [-0.39, 0.29) is 17.5 Å². The number of para-hydroxylation sites is 1. The molecule has 124 valence electrons. The average Bonchev–Trinajstić information content (AvgIpc) is 2.63. The van der Waals surface area contributed by atoms with E-state index in [4.69, 9.17) is 0 Å². The van der Waals surface area contributed by atoms with E-state index in [0.717, 1.165) is 11.3 Å². The van der Waals surface area contributed by atoms with E-state index in [2.05, 4.69) is 5.32 Å². The van der Waals surface area contributed by atoms with Gasteiger partial charge in [0.25, 0.3) is 5.91 Å². The number of carbonyl (C=O) groups is 1. The first-order chi connectivity index (χ1) is 12.1. The van der Waals surface area contributed by atoms with Crippen molar-refractivity contribution in [1.82, 2.24) is 0 Å². The van der Waals surface area contributed by atoms with Crippen molar-refractivity contribution >= 4 is 17.3 Å². The summed E-state index contributed by atoms with van der Waals surface area (Å²) >= 11 is 0. The molecule has 5 heteroatoms. The van der Waals surface area contributed by atoms with Gasteiger partial charge in [-0.2, -0.15) is 0 Å². The third kappa shape index (κ3) is 2.70. The molecule has 0 aliphatic carbocycles. The first-order valence-electron chi connectivity index (χ1n) is 7.87. The van der Waals surface area contributed by atoms with Crippen LogP contribution in [0.2, 0.25) is 0 Å². The number of nitrogens with one attached hydrogen (secondary N) is 1. The van der Waals surface area contributed by atoms with Crippen LogP contribution >= 0.6 is 0 Å². The topological polar surface area (TPSA) is 52.6 Å². The number of aromatic hydroxyl groups is 1. The van der Waals surface area contributed by atoms with Crippen LogP contribution in [-0.4, -0.2) is 11.0 Å². The summed E-state index contributed by atoms with van der Waals surface area (Å²) in [7, 11) is 0. The van der Waals surface area contributed by atoms with E-state index in [0.29, 0.717) is 11.3 Å². The molecule has 1 aliphatic heterocycles. The monoisotopic (exact) mass is 334 g/mol. The van der Waals surface area contributed by atoms with E-state index in [1.807, 2.05) is 18.2 Å². The predicted molar refractivity (Wildman–Crippen MR) is 94.1 cm³/mol. The van der Waals surface area contributed by atoms with Gasteiger partial charge in [0.05, 0.1) is 5.56 Å². The number of amides is 1. The molecule has 3 aromatic carbocycles. The van der Waals surface area contributed by atoms with Crippen LogP contribution in [0.1, 0.15) is 22.1 Å². The molecule has 3 aromatic rings. The molecule has 0 bridgehead atoms. The SMILES string of the molecule is O=C1c2ccccc2N[C@H](c2ccc(F)cc2)N1c1ccc(O)cc1. The highest BCUT2D eigenvalue weighted by Crippen LogP contribution is 2.36. The normalized spacial score (nSPS) is 16.3. The molecule has 0 radical (unpaired) electrons. The number of fused-ring (bicyclic) bond motifs is 1. The van der Waals surface area contributed by atoms with Crippen LogP contribution < -0.4 is 10.2 Å². The average molecular weight is 334 g/mol. The van der Waals surface area contributed by atoms with Crippen LogP contribution in [0.15, 0.2) is 72.8 Å².